The summed E-state index contributed by atoms with van der Waals surface area (Å²) in [5.41, 5.74) is 3.64. The van der Waals surface area contributed by atoms with Crippen LogP contribution in [0.15, 0.2) is 36.4 Å². The number of rotatable bonds is 2. The van der Waals surface area contributed by atoms with Crippen LogP contribution >= 0.6 is 0 Å². The van der Waals surface area contributed by atoms with Crippen LogP contribution in [0.4, 0.5) is 0 Å². The Bertz CT molecular complexity index is 606. The number of hydrogen-bond donors (Lipinski definition) is 0. The maximum atomic E-state index is 10.5. The maximum absolute atomic E-state index is 10.5. The average molecular weight is 323 g/mol. The van der Waals surface area contributed by atoms with Crippen molar-refractivity contribution in [2.75, 3.05) is 0 Å². The average Bonchev–Trinajstić information content (AvgIpc) is 2.38. The minimum Gasteiger partial charge on any atom is -0.545 e. The molecule has 0 N–H and O–H groups in total. The smallest absolute Gasteiger partial charge is 0.545 e. The number of carbonyl (C=O) groups excluding carboxylic acids is 2. The van der Waals surface area contributed by atoms with Crippen LogP contribution in [0.5, 0.6) is 0 Å². The summed E-state index contributed by atoms with van der Waals surface area (Å²) >= 11 is 0. The van der Waals surface area contributed by atoms with Crippen molar-refractivity contribution in [3.63, 3.8) is 0 Å². The molecule has 2 aromatic carbocycles. The molecule has 2 aromatic rings. The van der Waals surface area contributed by atoms with Gasteiger partial charge in [0.2, 0.25) is 0 Å². The summed E-state index contributed by atoms with van der Waals surface area (Å²) in [6.45, 7) is 7.05. The van der Waals surface area contributed by atoms with E-state index in [1.807, 2.05) is 12.1 Å². The molecule has 0 amide bonds. The molecule has 0 aliphatic rings. The largest absolute Gasteiger partial charge is 2.00 e. The van der Waals surface area contributed by atoms with E-state index >= 15 is 0 Å². The molecule has 0 radical (unpaired) electrons. The van der Waals surface area contributed by atoms with E-state index in [0.29, 0.717) is 11.1 Å². The monoisotopic (exact) mass is 322 g/mol. The number of benzene rings is 2. The summed E-state index contributed by atoms with van der Waals surface area (Å²) < 4.78 is 0. The molecule has 0 aliphatic carbocycles. The fourth-order valence-corrected chi connectivity index (χ4v) is 2.27. The van der Waals surface area contributed by atoms with Gasteiger partial charge >= 0.3 is 23.1 Å². The van der Waals surface area contributed by atoms with Gasteiger partial charge in [0.05, 0.1) is 11.9 Å². The fraction of sp³-hybridized carbons (Fsp3) is 0.222. The topological polar surface area (TPSA) is 80.3 Å². The molecule has 0 heterocycles. The quantitative estimate of drug-likeness (QED) is 0.771. The SMILES string of the molecule is Cc1cccc(C)c1C(=O)[O-].Cc1cccc(C)c1C(=O)[O-].[Mg+2]. The molecule has 5 heteroatoms. The zero-order valence-corrected chi connectivity index (χ0v) is 15.2. The second-order valence-electron chi connectivity index (χ2n) is 5.11. The van der Waals surface area contributed by atoms with E-state index in [0.717, 1.165) is 22.3 Å². The molecule has 0 fully saturated rings. The Morgan fingerprint density at radius 1 is 0.652 bits per heavy atom. The van der Waals surface area contributed by atoms with E-state index in [9.17, 15) is 19.8 Å². The number of carbonyl (C=O) groups is 2. The van der Waals surface area contributed by atoms with Crippen molar-refractivity contribution in [2.24, 2.45) is 0 Å². The summed E-state index contributed by atoms with van der Waals surface area (Å²) in [5, 5.41) is 21.1. The van der Waals surface area contributed by atoms with Crippen molar-refractivity contribution in [2.45, 2.75) is 27.7 Å². The van der Waals surface area contributed by atoms with Crippen molar-refractivity contribution in [1.29, 1.82) is 0 Å². The van der Waals surface area contributed by atoms with Crippen LogP contribution in [0.25, 0.3) is 0 Å². The van der Waals surface area contributed by atoms with E-state index in [-0.39, 0.29) is 23.1 Å². The first-order valence-electron chi connectivity index (χ1n) is 6.80. The Morgan fingerprint density at radius 3 is 1.00 bits per heavy atom. The standard InChI is InChI=1S/2C9H10O2.Mg/c2*1-6-4-3-5-7(2)8(6)9(10)11;/h2*3-5H,1-2H3,(H,10,11);/q;;+2/p-2. The van der Waals surface area contributed by atoms with Gasteiger partial charge in [0, 0.05) is 11.1 Å². The third kappa shape index (κ3) is 5.69. The van der Waals surface area contributed by atoms with Crippen LogP contribution in [-0.4, -0.2) is 35.0 Å². The van der Waals surface area contributed by atoms with Gasteiger partial charge in [-0.2, -0.15) is 0 Å². The molecular formula is C18H18MgO4. The molecule has 2 rings (SSSR count). The number of aryl methyl sites for hydroxylation is 4. The van der Waals surface area contributed by atoms with Crippen LogP contribution < -0.4 is 10.2 Å². The van der Waals surface area contributed by atoms with Gasteiger partial charge in [-0.15, -0.1) is 0 Å². The number of carboxylic acids is 2. The predicted molar refractivity (Wildman–Crippen MR) is 86.2 cm³/mol. The Balaban J connectivity index is 0.000000403. The summed E-state index contributed by atoms with van der Waals surface area (Å²) in [4.78, 5) is 21.1. The summed E-state index contributed by atoms with van der Waals surface area (Å²) in [5.74, 6) is -2.19. The third-order valence-corrected chi connectivity index (χ3v) is 3.37. The van der Waals surface area contributed by atoms with E-state index < -0.39 is 11.9 Å². The van der Waals surface area contributed by atoms with Crippen LogP contribution in [0.2, 0.25) is 0 Å². The number of carboxylic acid groups (broad SMARTS) is 2. The predicted octanol–water partition coefficient (Wildman–Crippen LogP) is 0.953. The first-order valence-corrected chi connectivity index (χ1v) is 6.80. The van der Waals surface area contributed by atoms with Crippen LogP contribution in [-0.2, 0) is 0 Å². The first-order chi connectivity index (χ1) is 10.3. The summed E-state index contributed by atoms with van der Waals surface area (Å²) in [6.07, 6.45) is 0. The maximum Gasteiger partial charge on any atom is 2.00 e. The van der Waals surface area contributed by atoms with Crippen molar-refractivity contribution in [3.05, 3.63) is 69.8 Å². The second-order valence-corrected chi connectivity index (χ2v) is 5.11. The van der Waals surface area contributed by atoms with Crippen LogP contribution in [0.3, 0.4) is 0 Å². The molecule has 0 spiro atoms. The van der Waals surface area contributed by atoms with E-state index in [2.05, 4.69) is 0 Å². The van der Waals surface area contributed by atoms with Crippen molar-refractivity contribution >= 4 is 35.0 Å². The van der Waals surface area contributed by atoms with Crippen LogP contribution in [0, 0.1) is 27.7 Å². The van der Waals surface area contributed by atoms with Gasteiger partial charge in [-0.25, -0.2) is 0 Å². The third-order valence-electron chi connectivity index (χ3n) is 3.37. The van der Waals surface area contributed by atoms with Gasteiger partial charge in [0.15, 0.2) is 0 Å². The van der Waals surface area contributed by atoms with Gasteiger partial charge in [-0.05, 0) is 49.9 Å². The number of hydrogen-bond acceptors (Lipinski definition) is 4. The van der Waals surface area contributed by atoms with Gasteiger partial charge in [0.25, 0.3) is 0 Å². The zero-order chi connectivity index (χ0) is 16.9. The first kappa shape index (κ1) is 21.1. The molecular weight excluding hydrogens is 304 g/mol. The Morgan fingerprint density at radius 2 is 0.870 bits per heavy atom. The number of aromatic carboxylic acids is 2. The van der Waals surface area contributed by atoms with Crippen molar-refractivity contribution in [3.8, 4) is 0 Å². The fourth-order valence-electron chi connectivity index (χ4n) is 2.27. The van der Waals surface area contributed by atoms with E-state index in [1.165, 1.54) is 0 Å². The van der Waals surface area contributed by atoms with E-state index in [4.69, 9.17) is 0 Å². The molecule has 0 bridgehead atoms. The molecule has 0 unspecified atom stereocenters. The van der Waals surface area contributed by atoms with Gasteiger partial charge in [0.1, 0.15) is 0 Å². The molecule has 0 saturated carbocycles. The second kappa shape index (κ2) is 9.32. The Kier molecular flexibility index (Phi) is 8.57. The Labute approximate surface area is 152 Å². The summed E-state index contributed by atoms with van der Waals surface area (Å²) in [7, 11) is 0. The van der Waals surface area contributed by atoms with Crippen molar-refractivity contribution < 1.29 is 19.8 Å². The molecule has 4 nitrogen and oxygen atoms in total. The minimum absolute atomic E-state index is 0. The molecule has 23 heavy (non-hydrogen) atoms. The Hall–Kier alpha value is -1.85. The van der Waals surface area contributed by atoms with Crippen molar-refractivity contribution in [1.82, 2.24) is 0 Å². The normalized spacial score (nSPS) is 9.22. The summed E-state index contributed by atoms with van der Waals surface area (Å²) in [6, 6.07) is 10.7. The minimum atomic E-state index is -1.10. The van der Waals surface area contributed by atoms with Crippen LogP contribution in [0.1, 0.15) is 43.0 Å². The zero-order valence-electron chi connectivity index (χ0n) is 13.8. The van der Waals surface area contributed by atoms with Gasteiger partial charge in [-0.1, -0.05) is 36.4 Å². The molecule has 0 aromatic heterocycles. The molecule has 0 aliphatic heterocycles. The molecule has 0 atom stereocenters. The molecule has 116 valence electrons. The van der Waals surface area contributed by atoms with E-state index in [1.54, 1.807) is 52.0 Å². The molecule has 0 saturated heterocycles. The van der Waals surface area contributed by atoms with Gasteiger partial charge < -0.3 is 19.8 Å². The van der Waals surface area contributed by atoms with Gasteiger partial charge in [-0.3, -0.25) is 0 Å².